The smallest absolute Gasteiger partial charge is 0.276 e. The lowest BCUT2D eigenvalue weighted by molar-refractivity contribution is -0.122. The quantitative estimate of drug-likeness (QED) is 0.606. The molecule has 1 fully saturated rings. The number of hydrogen-bond donors (Lipinski definition) is 1. The highest BCUT2D eigenvalue weighted by atomic mass is 79.9. The third-order valence-electron chi connectivity index (χ3n) is 3.41. The standard InChI is InChI=1S/C17H12BrClN2OS/c18-13-6-3-4-11(8-13)9-15-16(22)21(17(23)20-15)10-12-5-1-2-7-14(12)19/h1-9H,10H2,(H,20,23)/b15-9+. The van der Waals surface area contributed by atoms with Gasteiger partial charge in [0.15, 0.2) is 5.11 Å². The van der Waals surface area contributed by atoms with Crippen molar-refractivity contribution in [2.24, 2.45) is 0 Å². The Hall–Kier alpha value is -1.69. The molecule has 0 saturated carbocycles. The number of nitrogens with zero attached hydrogens (tertiary/aromatic N) is 1. The third kappa shape index (κ3) is 3.63. The first-order valence-electron chi connectivity index (χ1n) is 6.88. The second-order valence-corrected chi connectivity index (χ2v) is 6.74. The van der Waals surface area contributed by atoms with E-state index in [1.165, 1.54) is 4.90 Å². The van der Waals surface area contributed by atoms with E-state index < -0.39 is 0 Å². The summed E-state index contributed by atoms with van der Waals surface area (Å²) in [7, 11) is 0. The summed E-state index contributed by atoms with van der Waals surface area (Å²) < 4.78 is 0.952. The molecule has 0 aliphatic carbocycles. The molecule has 1 saturated heterocycles. The normalized spacial score (nSPS) is 16.1. The van der Waals surface area contributed by atoms with Crippen LogP contribution in [0.2, 0.25) is 5.02 Å². The van der Waals surface area contributed by atoms with Crippen LogP contribution < -0.4 is 5.32 Å². The maximum absolute atomic E-state index is 12.6. The van der Waals surface area contributed by atoms with Crippen molar-refractivity contribution in [1.29, 1.82) is 0 Å². The minimum atomic E-state index is -0.158. The molecule has 0 spiro atoms. The summed E-state index contributed by atoms with van der Waals surface area (Å²) in [4.78, 5) is 14.1. The molecule has 116 valence electrons. The van der Waals surface area contributed by atoms with Crippen molar-refractivity contribution in [3.05, 3.63) is 74.9 Å². The van der Waals surface area contributed by atoms with Crippen molar-refractivity contribution in [2.75, 3.05) is 0 Å². The fourth-order valence-corrected chi connectivity index (χ4v) is 3.15. The van der Waals surface area contributed by atoms with Crippen molar-refractivity contribution < 1.29 is 4.79 Å². The number of hydrogen-bond acceptors (Lipinski definition) is 2. The predicted octanol–water partition coefficient (Wildman–Crippen LogP) is 4.36. The largest absolute Gasteiger partial charge is 0.328 e. The van der Waals surface area contributed by atoms with E-state index in [0.29, 0.717) is 22.4 Å². The molecule has 1 heterocycles. The zero-order valence-electron chi connectivity index (χ0n) is 11.9. The van der Waals surface area contributed by atoms with Crippen LogP contribution in [0.1, 0.15) is 11.1 Å². The van der Waals surface area contributed by atoms with Crippen molar-refractivity contribution in [3.8, 4) is 0 Å². The molecule has 0 radical (unpaired) electrons. The van der Waals surface area contributed by atoms with Crippen LogP contribution in [0.5, 0.6) is 0 Å². The van der Waals surface area contributed by atoms with Crippen LogP contribution in [0.4, 0.5) is 0 Å². The molecule has 6 heteroatoms. The highest BCUT2D eigenvalue weighted by molar-refractivity contribution is 9.10. The number of benzene rings is 2. The maximum Gasteiger partial charge on any atom is 0.276 e. The molecular weight excluding hydrogens is 396 g/mol. The second kappa shape index (κ2) is 6.83. The average Bonchev–Trinajstić information content (AvgIpc) is 2.77. The van der Waals surface area contributed by atoms with Gasteiger partial charge in [0.25, 0.3) is 5.91 Å². The molecule has 3 nitrogen and oxygen atoms in total. The van der Waals surface area contributed by atoms with Gasteiger partial charge in [-0.1, -0.05) is 57.9 Å². The fourth-order valence-electron chi connectivity index (χ4n) is 2.28. The van der Waals surface area contributed by atoms with E-state index in [1.54, 1.807) is 12.1 Å². The van der Waals surface area contributed by atoms with E-state index in [0.717, 1.165) is 15.6 Å². The van der Waals surface area contributed by atoms with Gasteiger partial charge in [-0.2, -0.15) is 0 Å². The molecule has 1 N–H and O–H groups in total. The van der Waals surface area contributed by atoms with E-state index in [9.17, 15) is 4.79 Å². The summed E-state index contributed by atoms with van der Waals surface area (Å²) >= 11 is 14.9. The van der Waals surface area contributed by atoms with Gasteiger partial charge in [-0.15, -0.1) is 0 Å². The lowest BCUT2D eigenvalue weighted by Crippen LogP contribution is -2.30. The Morgan fingerprint density at radius 1 is 1.22 bits per heavy atom. The first-order chi connectivity index (χ1) is 11.0. The highest BCUT2D eigenvalue weighted by Gasteiger charge is 2.30. The Labute approximate surface area is 153 Å². The van der Waals surface area contributed by atoms with Gasteiger partial charge < -0.3 is 5.32 Å². The molecule has 1 aliphatic heterocycles. The minimum absolute atomic E-state index is 0.158. The summed E-state index contributed by atoms with van der Waals surface area (Å²) in [6, 6.07) is 15.1. The summed E-state index contributed by atoms with van der Waals surface area (Å²) in [5.41, 5.74) is 2.23. The topological polar surface area (TPSA) is 32.3 Å². The van der Waals surface area contributed by atoms with Crippen LogP contribution in [-0.4, -0.2) is 15.9 Å². The van der Waals surface area contributed by atoms with Crippen molar-refractivity contribution in [3.63, 3.8) is 0 Å². The molecule has 0 atom stereocenters. The number of carbonyl (C=O) groups is 1. The van der Waals surface area contributed by atoms with Gasteiger partial charge in [0, 0.05) is 9.50 Å². The van der Waals surface area contributed by atoms with E-state index in [2.05, 4.69) is 21.2 Å². The lowest BCUT2D eigenvalue weighted by Gasteiger charge is -2.14. The zero-order valence-corrected chi connectivity index (χ0v) is 15.1. The van der Waals surface area contributed by atoms with Gasteiger partial charge in [0.2, 0.25) is 0 Å². The molecule has 1 amide bonds. The van der Waals surface area contributed by atoms with Gasteiger partial charge in [-0.3, -0.25) is 9.69 Å². The molecule has 2 aromatic carbocycles. The Balaban J connectivity index is 1.84. The molecule has 1 aliphatic rings. The van der Waals surface area contributed by atoms with Gasteiger partial charge in [0.05, 0.1) is 6.54 Å². The Morgan fingerprint density at radius 3 is 2.74 bits per heavy atom. The summed E-state index contributed by atoms with van der Waals surface area (Å²) in [5.74, 6) is -0.158. The van der Waals surface area contributed by atoms with Crippen molar-refractivity contribution in [2.45, 2.75) is 6.54 Å². The molecule has 0 unspecified atom stereocenters. The monoisotopic (exact) mass is 406 g/mol. The van der Waals surface area contributed by atoms with Crippen LogP contribution in [0.3, 0.4) is 0 Å². The number of nitrogens with one attached hydrogen (secondary N) is 1. The Kier molecular flexibility index (Phi) is 4.80. The van der Waals surface area contributed by atoms with Crippen molar-refractivity contribution >= 4 is 56.8 Å². The van der Waals surface area contributed by atoms with Crippen LogP contribution in [0.25, 0.3) is 6.08 Å². The number of halogens is 2. The zero-order chi connectivity index (χ0) is 16.4. The highest BCUT2D eigenvalue weighted by Crippen LogP contribution is 2.22. The minimum Gasteiger partial charge on any atom is -0.328 e. The lowest BCUT2D eigenvalue weighted by atomic mass is 10.2. The summed E-state index contributed by atoms with van der Waals surface area (Å²) in [6.07, 6.45) is 1.78. The molecule has 3 rings (SSSR count). The molecule has 2 aromatic rings. The van der Waals surface area contributed by atoms with Gasteiger partial charge in [0.1, 0.15) is 5.70 Å². The fraction of sp³-hybridized carbons (Fsp3) is 0.0588. The van der Waals surface area contributed by atoms with Gasteiger partial charge in [-0.25, -0.2) is 0 Å². The number of rotatable bonds is 3. The molecular formula is C17H12BrClN2OS. The van der Waals surface area contributed by atoms with Crippen LogP contribution in [-0.2, 0) is 11.3 Å². The summed E-state index contributed by atoms with van der Waals surface area (Å²) in [5, 5.41) is 3.98. The van der Waals surface area contributed by atoms with E-state index in [-0.39, 0.29) is 5.91 Å². The molecule has 23 heavy (non-hydrogen) atoms. The second-order valence-electron chi connectivity index (χ2n) is 5.03. The molecule has 0 aromatic heterocycles. The Morgan fingerprint density at radius 2 is 2.00 bits per heavy atom. The number of carbonyl (C=O) groups excluding carboxylic acids is 1. The third-order valence-corrected chi connectivity index (χ3v) is 4.59. The molecule has 0 bridgehead atoms. The Bertz CT molecular complexity index is 822. The number of amides is 1. The van der Waals surface area contributed by atoms with Crippen LogP contribution >= 0.6 is 39.7 Å². The van der Waals surface area contributed by atoms with E-state index >= 15 is 0 Å². The van der Waals surface area contributed by atoms with E-state index in [1.807, 2.05) is 42.5 Å². The van der Waals surface area contributed by atoms with Crippen LogP contribution in [0, 0.1) is 0 Å². The SMILES string of the molecule is O=C1/C(=C\c2cccc(Br)c2)NC(=S)N1Cc1ccccc1Cl. The first kappa shape index (κ1) is 16.2. The van der Waals surface area contributed by atoms with Gasteiger partial charge in [-0.05, 0) is 47.6 Å². The van der Waals surface area contributed by atoms with Crippen molar-refractivity contribution in [1.82, 2.24) is 10.2 Å². The first-order valence-corrected chi connectivity index (χ1v) is 8.46. The predicted molar refractivity (Wildman–Crippen MR) is 99.9 cm³/mol. The summed E-state index contributed by atoms with van der Waals surface area (Å²) in [6.45, 7) is 0.347. The van der Waals surface area contributed by atoms with E-state index in [4.69, 9.17) is 23.8 Å². The number of thiocarbonyl (C=S) groups is 1. The van der Waals surface area contributed by atoms with Gasteiger partial charge >= 0.3 is 0 Å². The average molecular weight is 408 g/mol. The maximum atomic E-state index is 12.6. The van der Waals surface area contributed by atoms with Crippen LogP contribution in [0.15, 0.2) is 58.7 Å².